The van der Waals surface area contributed by atoms with Crippen molar-refractivity contribution < 1.29 is 26.9 Å². The Morgan fingerprint density at radius 2 is 1.86 bits per heavy atom. The molecule has 13 heteroatoms. The predicted molar refractivity (Wildman–Crippen MR) is 94.1 cm³/mol. The van der Waals surface area contributed by atoms with E-state index in [0.29, 0.717) is 19.2 Å². The molecule has 1 fully saturated rings. The van der Waals surface area contributed by atoms with Crippen LogP contribution < -0.4 is 4.90 Å². The number of anilines is 1. The molecule has 1 aliphatic rings. The Balaban J connectivity index is 1.76. The fraction of sp³-hybridized carbons (Fsp3) is 0.438. The smallest absolute Gasteiger partial charge is 0.363 e. The Morgan fingerprint density at radius 1 is 1.21 bits per heavy atom. The zero-order chi connectivity index (χ0) is 21.3. The van der Waals surface area contributed by atoms with Gasteiger partial charge in [0.05, 0.1) is 22.1 Å². The first-order chi connectivity index (χ1) is 13.6. The summed E-state index contributed by atoms with van der Waals surface area (Å²) in [6.07, 6.45) is -2.37. The summed E-state index contributed by atoms with van der Waals surface area (Å²) >= 11 is 5.72. The molecular weight excluding hydrogens is 425 g/mol. The third kappa shape index (κ3) is 4.58. The van der Waals surface area contributed by atoms with Gasteiger partial charge in [0.15, 0.2) is 0 Å². The van der Waals surface area contributed by atoms with E-state index in [1.54, 1.807) is 4.90 Å². The number of imidazole rings is 1. The van der Waals surface area contributed by atoms with E-state index in [4.69, 9.17) is 11.6 Å². The Kier molecular flexibility index (Phi) is 5.94. The van der Waals surface area contributed by atoms with Gasteiger partial charge in [0.1, 0.15) is 11.5 Å². The van der Waals surface area contributed by atoms with Gasteiger partial charge >= 0.3 is 12.7 Å². The van der Waals surface area contributed by atoms with E-state index < -0.39 is 33.9 Å². The normalized spacial score (nSPS) is 15.9. The molecule has 0 unspecified atom stereocenters. The standard InChI is InChI=1S/C16H15ClF5N5O2/c17-11-8-12(13(27(28)29)7-10(11)16(20,21)22)25-5-3-24(4-6-25)9-14-23-1-2-26(14)15(18)19/h1-2,7-8,15H,3-6,9H2. The van der Waals surface area contributed by atoms with Crippen LogP contribution >= 0.6 is 11.6 Å². The van der Waals surface area contributed by atoms with E-state index in [9.17, 15) is 32.1 Å². The van der Waals surface area contributed by atoms with Crippen molar-refractivity contribution in [2.45, 2.75) is 19.3 Å². The predicted octanol–water partition coefficient (Wildman–Crippen LogP) is 4.18. The van der Waals surface area contributed by atoms with Crippen molar-refractivity contribution in [2.24, 2.45) is 0 Å². The molecule has 0 atom stereocenters. The van der Waals surface area contributed by atoms with Crippen LogP contribution in [0.5, 0.6) is 0 Å². The van der Waals surface area contributed by atoms with E-state index >= 15 is 0 Å². The largest absolute Gasteiger partial charge is 0.418 e. The van der Waals surface area contributed by atoms with Gasteiger partial charge in [-0.05, 0) is 6.07 Å². The average Bonchev–Trinajstić information content (AvgIpc) is 3.09. The highest BCUT2D eigenvalue weighted by atomic mass is 35.5. The monoisotopic (exact) mass is 439 g/mol. The maximum Gasteiger partial charge on any atom is 0.418 e. The number of alkyl halides is 5. The number of aromatic nitrogens is 2. The number of hydrogen-bond acceptors (Lipinski definition) is 5. The first-order valence-electron chi connectivity index (χ1n) is 8.40. The Morgan fingerprint density at radius 3 is 2.41 bits per heavy atom. The molecule has 0 amide bonds. The lowest BCUT2D eigenvalue weighted by atomic mass is 10.1. The van der Waals surface area contributed by atoms with Crippen molar-refractivity contribution in [3.8, 4) is 0 Å². The minimum Gasteiger partial charge on any atom is -0.363 e. The van der Waals surface area contributed by atoms with Gasteiger partial charge in [-0.3, -0.25) is 19.6 Å². The van der Waals surface area contributed by atoms with Crippen LogP contribution in [0.25, 0.3) is 0 Å². The number of halogens is 6. The number of nitro groups is 1. The highest BCUT2D eigenvalue weighted by molar-refractivity contribution is 6.31. The second kappa shape index (κ2) is 8.11. The zero-order valence-corrected chi connectivity index (χ0v) is 15.5. The summed E-state index contributed by atoms with van der Waals surface area (Å²) in [6.45, 7) is -1.36. The third-order valence-electron chi connectivity index (χ3n) is 4.60. The minimum absolute atomic E-state index is 0.0123. The van der Waals surface area contributed by atoms with Gasteiger partial charge in [0, 0.05) is 44.6 Å². The van der Waals surface area contributed by atoms with Crippen molar-refractivity contribution in [1.82, 2.24) is 14.5 Å². The van der Waals surface area contributed by atoms with Gasteiger partial charge < -0.3 is 4.90 Å². The fourth-order valence-electron chi connectivity index (χ4n) is 3.16. The summed E-state index contributed by atoms with van der Waals surface area (Å²) in [7, 11) is 0. The van der Waals surface area contributed by atoms with Crippen LogP contribution in [0.2, 0.25) is 5.02 Å². The number of piperazine rings is 1. The van der Waals surface area contributed by atoms with Gasteiger partial charge in [-0.2, -0.15) is 22.0 Å². The van der Waals surface area contributed by atoms with Crippen molar-refractivity contribution in [3.05, 3.63) is 51.1 Å². The lowest BCUT2D eigenvalue weighted by molar-refractivity contribution is -0.384. The third-order valence-corrected chi connectivity index (χ3v) is 4.92. The first kappa shape index (κ1) is 21.2. The summed E-state index contributed by atoms with van der Waals surface area (Å²) in [5, 5.41) is 10.7. The van der Waals surface area contributed by atoms with E-state index in [2.05, 4.69) is 4.98 Å². The molecule has 2 heterocycles. The highest BCUT2D eigenvalue weighted by Gasteiger charge is 2.37. The Bertz CT molecular complexity index is 896. The summed E-state index contributed by atoms with van der Waals surface area (Å²) < 4.78 is 65.6. The molecule has 0 saturated carbocycles. The number of nitro benzene ring substituents is 1. The van der Waals surface area contributed by atoms with Gasteiger partial charge in [0.2, 0.25) is 0 Å². The summed E-state index contributed by atoms with van der Waals surface area (Å²) in [6, 6.07) is 1.38. The van der Waals surface area contributed by atoms with E-state index in [0.717, 1.165) is 10.6 Å². The van der Waals surface area contributed by atoms with E-state index in [1.165, 1.54) is 12.4 Å². The summed E-state index contributed by atoms with van der Waals surface area (Å²) in [5.41, 5.74) is -1.97. The average molecular weight is 440 g/mol. The Labute approximate surface area is 166 Å². The van der Waals surface area contributed by atoms with Crippen molar-refractivity contribution in [2.75, 3.05) is 31.1 Å². The molecule has 1 saturated heterocycles. The molecule has 3 rings (SSSR count). The lowest BCUT2D eigenvalue weighted by Gasteiger charge is -2.35. The molecule has 0 aliphatic carbocycles. The van der Waals surface area contributed by atoms with Crippen LogP contribution in [0, 0.1) is 10.1 Å². The molecule has 0 spiro atoms. The number of rotatable bonds is 5. The molecule has 0 N–H and O–H groups in total. The maximum atomic E-state index is 13.0. The molecule has 0 radical (unpaired) electrons. The van der Waals surface area contributed by atoms with Crippen LogP contribution in [-0.4, -0.2) is 45.6 Å². The molecule has 29 heavy (non-hydrogen) atoms. The quantitative estimate of drug-likeness (QED) is 0.397. The summed E-state index contributed by atoms with van der Waals surface area (Å²) in [4.78, 5) is 17.7. The molecule has 0 bridgehead atoms. The molecule has 158 valence electrons. The summed E-state index contributed by atoms with van der Waals surface area (Å²) in [5.74, 6) is 0.178. The molecule has 1 aromatic heterocycles. The van der Waals surface area contributed by atoms with Gasteiger partial charge in [-0.15, -0.1) is 0 Å². The number of hydrogen-bond donors (Lipinski definition) is 0. The van der Waals surface area contributed by atoms with E-state index in [1.807, 2.05) is 4.90 Å². The topological polar surface area (TPSA) is 67.4 Å². The SMILES string of the molecule is O=[N+]([O-])c1cc(C(F)(F)F)c(Cl)cc1N1CCN(Cc2nccn2C(F)F)CC1. The molecule has 1 aromatic carbocycles. The second-order valence-corrected chi connectivity index (χ2v) is 6.77. The second-order valence-electron chi connectivity index (χ2n) is 6.37. The van der Waals surface area contributed by atoms with Gasteiger partial charge in [0.25, 0.3) is 5.69 Å². The minimum atomic E-state index is -4.81. The molecular formula is C16H15ClF5N5O2. The number of benzene rings is 1. The van der Waals surface area contributed by atoms with Crippen LogP contribution in [0.3, 0.4) is 0 Å². The van der Waals surface area contributed by atoms with Crippen molar-refractivity contribution in [3.63, 3.8) is 0 Å². The van der Waals surface area contributed by atoms with Gasteiger partial charge in [-0.25, -0.2) is 4.98 Å². The van der Waals surface area contributed by atoms with Gasteiger partial charge in [-0.1, -0.05) is 11.6 Å². The van der Waals surface area contributed by atoms with Crippen LogP contribution in [0.15, 0.2) is 24.5 Å². The molecule has 7 nitrogen and oxygen atoms in total. The zero-order valence-electron chi connectivity index (χ0n) is 14.7. The molecule has 1 aliphatic heterocycles. The molecule has 2 aromatic rings. The van der Waals surface area contributed by atoms with Crippen LogP contribution in [0.1, 0.15) is 17.9 Å². The van der Waals surface area contributed by atoms with Crippen LogP contribution in [-0.2, 0) is 12.7 Å². The fourth-order valence-corrected chi connectivity index (χ4v) is 3.42. The lowest BCUT2D eigenvalue weighted by Crippen LogP contribution is -2.46. The first-order valence-corrected chi connectivity index (χ1v) is 8.78. The van der Waals surface area contributed by atoms with Crippen molar-refractivity contribution in [1.29, 1.82) is 0 Å². The van der Waals surface area contributed by atoms with Crippen LogP contribution in [0.4, 0.5) is 33.3 Å². The van der Waals surface area contributed by atoms with Crippen molar-refractivity contribution >= 4 is 23.0 Å². The Hall–Kier alpha value is -2.47. The highest BCUT2D eigenvalue weighted by Crippen LogP contribution is 2.41. The van der Waals surface area contributed by atoms with E-state index in [-0.39, 0.29) is 31.1 Å². The number of nitrogens with zero attached hydrogens (tertiary/aromatic N) is 5. The maximum absolute atomic E-state index is 13.0.